The van der Waals surface area contributed by atoms with Crippen molar-refractivity contribution in [1.29, 1.82) is 0 Å². The van der Waals surface area contributed by atoms with Crippen LogP contribution in [0.25, 0.3) is 0 Å². The summed E-state index contributed by atoms with van der Waals surface area (Å²) in [6, 6.07) is 5.73. The summed E-state index contributed by atoms with van der Waals surface area (Å²) < 4.78 is 0.163. The van der Waals surface area contributed by atoms with E-state index >= 15 is 0 Å². The fourth-order valence-corrected chi connectivity index (χ4v) is 7.24. The maximum Gasteiger partial charge on any atom is 0.230 e. The van der Waals surface area contributed by atoms with Crippen molar-refractivity contribution in [2.75, 3.05) is 10.6 Å². The molecule has 1 aromatic carbocycles. The van der Waals surface area contributed by atoms with Gasteiger partial charge in [-0.05, 0) is 75.0 Å². The van der Waals surface area contributed by atoms with Gasteiger partial charge in [0.25, 0.3) is 0 Å². The molecule has 5 heteroatoms. The van der Waals surface area contributed by atoms with Gasteiger partial charge < -0.3 is 10.6 Å². The Labute approximate surface area is 170 Å². The van der Waals surface area contributed by atoms with Gasteiger partial charge in [-0.25, -0.2) is 0 Å². The van der Waals surface area contributed by atoms with E-state index in [4.69, 9.17) is 0 Å². The second-order valence-electron chi connectivity index (χ2n) is 9.52. The number of hydrogen-bond donors (Lipinski definition) is 2. The Morgan fingerprint density at radius 3 is 2.37 bits per heavy atom. The van der Waals surface area contributed by atoms with E-state index < -0.39 is 0 Å². The topological polar surface area (TPSA) is 58.2 Å². The largest absolute Gasteiger partial charge is 0.326 e. The predicted octanol–water partition coefficient (Wildman–Crippen LogP) is 5.26. The summed E-state index contributed by atoms with van der Waals surface area (Å²) >= 11 is 3.99. The SMILES string of the molecule is Cc1ccc(NC(=O)C(C)C)cc1NC(=O)C12CC3CC(CC(Br)(C3)C1)C2. The first-order valence-electron chi connectivity index (χ1n) is 10.1. The second kappa shape index (κ2) is 6.61. The highest BCUT2D eigenvalue weighted by Crippen LogP contribution is 2.64. The molecule has 27 heavy (non-hydrogen) atoms. The number of aryl methyl sites for hydroxylation is 1. The third-order valence-corrected chi connectivity index (χ3v) is 7.68. The molecule has 0 radical (unpaired) electrons. The summed E-state index contributed by atoms with van der Waals surface area (Å²) in [6.07, 6.45) is 6.71. The molecule has 2 atom stereocenters. The van der Waals surface area contributed by atoms with Crippen LogP contribution in [0.5, 0.6) is 0 Å². The van der Waals surface area contributed by atoms with Crippen molar-refractivity contribution in [2.45, 2.75) is 63.6 Å². The van der Waals surface area contributed by atoms with Crippen LogP contribution in [0.15, 0.2) is 18.2 Å². The van der Waals surface area contributed by atoms with Gasteiger partial charge in [0.2, 0.25) is 11.8 Å². The summed E-state index contributed by atoms with van der Waals surface area (Å²) in [5.41, 5.74) is 2.32. The first-order chi connectivity index (χ1) is 12.7. The maximum atomic E-state index is 13.4. The van der Waals surface area contributed by atoms with Gasteiger partial charge in [0.05, 0.1) is 5.41 Å². The average Bonchev–Trinajstić information content (AvgIpc) is 2.55. The van der Waals surface area contributed by atoms with Crippen LogP contribution in [0.4, 0.5) is 11.4 Å². The number of nitrogens with one attached hydrogen (secondary N) is 2. The molecule has 2 N–H and O–H groups in total. The van der Waals surface area contributed by atoms with Crippen molar-refractivity contribution in [3.63, 3.8) is 0 Å². The minimum absolute atomic E-state index is 0.0153. The third kappa shape index (κ3) is 3.55. The lowest BCUT2D eigenvalue weighted by molar-refractivity contribution is -0.138. The van der Waals surface area contributed by atoms with E-state index in [2.05, 4.69) is 26.6 Å². The first-order valence-corrected chi connectivity index (χ1v) is 10.9. The van der Waals surface area contributed by atoms with Crippen LogP contribution in [0.2, 0.25) is 0 Å². The molecule has 2 amide bonds. The fourth-order valence-electron chi connectivity index (χ4n) is 5.79. The highest BCUT2D eigenvalue weighted by Gasteiger charge is 2.59. The molecule has 4 aliphatic rings. The lowest BCUT2D eigenvalue weighted by atomic mass is 9.49. The van der Waals surface area contributed by atoms with Crippen LogP contribution in [-0.4, -0.2) is 16.1 Å². The second-order valence-corrected chi connectivity index (χ2v) is 11.2. The quantitative estimate of drug-likeness (QED) is 0.637. The molecule has 2 unspecified atom stereocenters. The van der Waals surface area contributed by atoms with E-state index in [0.717, 1.165) is 36.2 Å². The maximum absolute atomic E-state index is 13.4. The molecule has 5 rings (SSSR count). The molecule has 0 spiro atoms. The normalized spacial score (nSPS) is 34.0. The van der Waals surface area contributed by atoms with E-state index in [9.17, 15) is 9.59 Å². The zero-order valence-corrected chi connectivity index (χ0v) is 18.0. The molecule has 0 aromatic heterocycles. The molecular weight excluding hydrogens is 404 g/mol. The van der Waals surface area contributed by atoms with Crippen LogP contribution >= 0.6 is 15.9 Å². The molecule has 1 aromatic rings. The lowest BCUT2D eigenvalue weighted by Crippen LogP contribution is -2.57. The van der Waals surface area contributed by atoms with E-state index in [0.29, 0.717) is 11.8 Å². The van der Waals surface area contributed by atoms with Crippen molar-refractivity contribution in [3.05, 3.63) is 23.8 Å². The number of rotatable bonds is 4. The Morgan fingerprint density at radius 2 is 1.78 bits per heavy atom. The molecule has 4 bridgehead atoms. The molecule has 0 aliphatic heterocycles. The molecule has 4 saturated carbocycles. The van der Waals surface area contributed by atoms with Crippen molar-refractivity contribution in [1.82, 2.24) is 0 Å². The number of halogens is 1. The Balaban J connectivity index is 1.54. The van der Waals surface area contributed by atoms with Gasteiger partial charge in [0.1, 0.15) is 0 Å². The van der Waals surface area contributed by atoms with Gasteiger partial charge in [-0.3, -0.25) is 9.59 Å². The van der Waals surface area contributed by atoms with E-state index in [1.807, 2.05) is 39.0 Å². The number of benzene rings is 1. The molecule has 0 heterocycles. The van der Waals surface area contributed by atoms with E-state index in [1.165, 1.54) is 19.3 Å². The Kier molecular flexibility index (Phi) is 4.65. The molecule has 146 valence electrons. The molecule has 0 saturated heterocycles. The Bertz CT molecular complexity index is 775. The van der Waals surface area contributed by atoms with Gasteiger partial charge in [0.15, 0.2) is 0 Å². The smallest absolute Gasteiger partial charge is 0.230 e. The van der Waals surface area contributed by atoms with Crippen molar-refractivity contribution >= 4 is 39.1 Å². The number of hydrogen-bond acceptors (Lipinski definition) is 2. The Morgan fingerprint density at radius 1 is 1.11 bits per heavy atom. The number of carbonyl (C=O) groups is 2. The molecule has 4 aliphatic carbocycles. The highest BCUT2D eigenvalue weighted by atomic mass is 79.9. The van der Waals surface area contributed by atoms with E-state index in [-0.39, 0.29) is 27.5 Å². The predicted molar refractivity (Wildman–Crippen MR) is 112 cm³/mol. The minimum Gasteiger partial charge on any atom is -0.326 e. The van der Waals surface area contributed by atoms with Gasteiger partial charge in [-0.2, -0.15) is 0 Å². The summed E-state index contributed by atoms with van der Waals surface area (Å²) in [5.74, 6) is 1.42. The van der Waals surface area contributed by atoms with Crippen molar-refractivity contribution in [2.24, 2.45) is 23.2 Å². The number of alkyl halides is 1. The molecule has 4 fully saturated rings. The third-order valence-electron chi connectivity index (χ3n) is 6.75. The van der Waals surface area contributed by atoms with Crippen LogP contribution in [0, 0.1) is 30.1 Å². The Hall–Kier alpha value is -1.36. The summed E-state index contributed by atoms with van der Waals surface area (Å²) in [7, 11) is 0. The fraction of sp³-hybridized carbons (Fsp3) is 0.636. The van der Waals surface area contributed by atoms with E-state index in [1.54, 1.807) is 0 Å². The average molecular weight is 433 g/mol. The zero-order valence-electron chi connectivity index (χ0n) is 16.4. The number of amides is 2. The van der Waals surface area contributed by atoms with Crippen molar-refractivity contribution < 1.29 is 9.59 Å². The standard InChI is InChI=1S/C22H29BrN2O2/c1-13(2)19(26)24-17-5-4-14(3)18(7-17)25-20(27)21-8-15-6-16(9-21)11-22(23,10-15)12-21/h4-5,7,13,15-16H,6,8-12H2,1-3H3,(H,24,26)(H,25,27). The molecular formula is C22H29BrN2O2. The first kappa shape index (κ1) is 19.0. The monoisotopic (exact) mass is 432 g/mol. The number of anilines is 2. The van der Waals surface area contributed by atoms with Gasteiger partial charge in [-0.1, -0.05) is 35.8 Å². The van der Waals surface area contributed by atoms with Crippen molar-refractivity contribution in [3.8, 4) is 0 Å². The van der Waals surface area contributed by atoms with Crippen LogP contribution in [0.1, 0.15) is 57.9 Å². The van der Waals surface area contributed by atoms with Crippen LogP contribution in [0.3, 0.4) is 0 Å². The lowest BCUT2D eigenvalue weighted by Gasteiger charge is -2.59. The van der Waals surface area contributed by atoms with Gasteiger partial charge in [0, 0.05) is 21.6 Å². The van der Waals surface area contributed by atoms with Crippen LogP contribution < -0.4 is 10.6 Å². The number of carbonyl (C=O) groups excluding carboxylic acids is 2. The zero-order chi connectivity index (χ0) is 19.4. The summed E-state index contributed by atoms with van der Waals surface area (Å²) in [6.45, 7) is 5.74. The van der Waals surface area contributed by atoms with Gasteiger partial charge >= 0.3 is 0 Å². The molecule has 4 nitrogen and oxygen atoms in total. The van der Waals surface area contributed by atoms with Gasteiger partial charge in [-0.15, -0.1) is 0 Å². The highest BCUT2D eigenvalue weighted by molar-refractivity contribution is 9.10. The summed E-state index contributed by atoms with van der Waals surface area (Å²) in [4.78, 5) is 25.4. The van der Waals surface area contributed by atoms with Crippen LogP contribution in [-0.2, 0) is 9.59 Å². The summed E-state index contributed by atoms with van der Waals surface area (Å²) in [5, 5.41) is 6.14. The minimum atomic E-state index is -0.239.